The summed E-state index contributed by atoms with van der Waals surface area (Å²) in [5.74, 6) is 0.525. The molecule has 0 atom stereocenters. The number of aromatic nitrogens is 1. The van der Waals surface area contributed by atoms with Gasteiger partial charge in [-0.1, -0.05) is 17.7 Å². The summed E-state index contributed by atoms with van der Waals surface area (Å²) >= 11 is 6.01. The number of hydrogen-bond donors (Lipinski definition) is 1. The molecule has 3 aliphatic carbocycles. The molecule has 0 radical (unpaired) electrons. The van der Waals surface area contributed by atoms with Gasteiger partial charge in [-0.3, -0.25) is 14.6 Å². The summed E-state index contributed by atoms with van der Waals surface area (Å²) in [7, 11) is 0. The number of ether oxygens (including phenoxy) is 1. The number of nitrogens with zero attached hydrogens (tertiary/aromatic N) is 2. The van der Waals surface area contributed by atoms with E-state index in [1.807, 2.05) is 19.1 Å². The van der Waals surface area contributed by atoms with Crippen LogP contribution >= 0.6 is 11.6 Å². The average Bonchev–Trinajstić information content (AvgIpc) is 2.71. The molecule has 0 unspecified atom stereocenters. The van der Waals surface area contributed by atoms with Gasteiger partial charge in [-0.25, -0.2) is 0 Å². The maximum atomic E-state index is 12.5. The van der Waals surface area contributed by atoms with Gasteiger partial charge in [0.1, 0.15) is 18.1 Å². The molecule has 1 aromatic carbocycles. The predicted octanol–water partition coefficient (Wildman–Crippen LogP) is 4.19. The maximum Gasteiger partial charge on any atom is 0.270 e. The standard InChI is InChI=1S/C24H24ClN3O3/c1-16-9-19(5-6-20(16)25)31-12-18(29)10-23-13-24(14-23,15-23)28-22(30)21-7-4-17(11-27-21)3-2-8-26/h4-7,9,11H,2-3,10,12-15H2,1H3,(H,28,30). The van der Waals surface area contributed by atoms with Crippen LogP contribution in [0.25, 0.3) is 0 Å². The van der Waals surface area contributed by atoms with Gasteiger partial charge in [0.2, 0.25) is 0 Å². The van der Waals surface area contributed by atoms with Gasteiger partial charge in [-0.15, -0.1) is 0 Å². The van der Waals surface area contributed by atoms with Crippen molar-refractivity contribution in [2.45, 2.75) is 51.0 Å². The molecule has 3 aliphatic rings. The van der Waals surface area contributed by atoms with Gasteiger partial charge >= 0.3 is 0 Å². The molecule has 1 heterocycles. The summed E-state index contributed by atoms with van der Waals surface area (Å²) in [6.45, 7) is 1.94. The maximum absolute atomic E-state index is 12.5. The van der Waals surface area contributed by atoms with Crippen molar-refractivity contribution < 1.29 is 14.3 Å². The molecule has 1 amide bonds. The third-order valence-electron chi connectivity index (χ3n) is 6.20. The van der Waals surface area contributed by atoms with Gasteiger partial charge in [0, 0.05) is 29.6 Å². The van der Waals surface area contributed by atoms with Gasteiger partial charge < -0.3 is 10.1 Å². The molecule has 2 aromatic rings. The zero-order chi connectivity index (χ0) is 22.1. The van der Waals surface area contributed by atoms with Crippen LogP contribution in [0.2, 0.25) is 5.02 Å². The molecular weight excluding hydrogens is 414 g/mol. The molecule has 1 aromatic heterocycles. The molecule has 31 heavy (non-hydrogen) atoms. The number of hydrogen-bond acceptors (Lipinski definition) is 5. The fourth-order valence-corrected chi connectivity index (χ4v) is 4.99. The first kappa shape index (κ1) is 21.3. The fourth-order valence-electron chi connectivity index (χ4n) is 4.87. The Kier molecular flexibility index (Phi) is 5.72. The molecule has 2 bridgehead atoms. The Balaban J connectivity index is 1.22. The Hall–Kier alpha value is -2.91. The van der Waals surface area contributed by atoms with Crippen LogP contribution in [0.5, 0.6) is 5.75 Å². The Labute approximate surface area is 186 Å². The summed E-state index contributed by atoms with van der Waals surface area (Å²) in [6, 6.07) is 11.0. The number of aryl methyl sites for hydroxylation is 2. The van der Waals surface area contributed by atoms with E-state index in [4.69, 9.17) is 21.6 Å². The van der Waals surface area contributed by atoms with Crippen LogP contribution in [0, 0.1) is 23.7 Å². The molecule has 0 saturated heterocycles. The highest BCUT2D eigenvalue weighted by Crippen LogP contribution is 2.69. The van der Waals surface area contributed by atoms with Crippen molar-refractivity contribution in [3.05, 3.63) is 58.4 Å². The Morgan fingerprint density at radius 2 is 2.03 bits per heavy atom. The fraction of sp³-hybridized carbons (Fsp3) is 0.417. The average molecular weight is 438 g/mol. The van der Waals surface area contributed by atoms with Crippen LogP contribution in [0.3, 0.4) is 0 Å². The predicted molar refractivity (Wildman–Crippen MR) is 116 cm³/mol. The van der Waals surface area contributed by atoms with E-state index >= 15 is 0 Å². The minimum absolute atomic E-state index is 0.00177. The lowest BCUT2D eigenvalue weighted by atomic mass is 9.38. The monoisotopic (exact) mass is 437 g/mol. The molecule has 0 spiro atoms. The number of nitrogens with one attached hydrogen (secondary N) is 1. The molecular formula is C24H24ClN3O3. The van der Waals surface area contributed by atoms with E-state index in [1.54, 1.807) is 24.4 Å². The zero-order valence-electron chi connectivity index (χ0n) is 17.4. The topological polar surface area (TPSA) is 92.1 Å². The summed E-state index contributed by atoms with van der Waals surface area (Å²) < 4.78 is 5.61. The number of nitriles is 1. The molecule has 160 valence electrons. The molecule has 3 fully saturated rings. The second-order valence-corrected chi connectivity index (χ2v) is 9.30. The van der Waals surface area contributed by atoms with Gasteiger partial charge in [0.15, 0.2) is 5.78 Å². The number of pyridine rings is 1. The molecule has 1 N–H and O–H groups in total. The molecule has 3 saturated carbocycles. The van der Waals surface area contributed by atoms with Crippen LogP contribution in [-0.4, -0.2) is 28.8 Å². The van der Waals surface area contributed by atoms with E-state index in [-0.39, 0.29) is 29.3 Å². The number of halogens is 1. The number of ketones is 1. The Morgan fingerprint density at radius 3 is 2.68 bits per heavy atom. The third-order valence-corrected chi connectivity index (χ3v) is 6.63. The highest BCUT2D eigenvalue weighted by molar-refractivity contribution is 6.31. The van der Waals surface area contributed by atoms with Gasteiger partial charge in [-0.05, 0) is 73.4 Å². The van der Waals surface area contributed by atoms with Crippen molar-refractivity contribution in [2.75, 3.05) is 6.61 Å². The smallest absolute Gasteiger partial charge is 0.270 e. The van der Waals surface area contributed by atoms with Crippen LogP contribution in [-0.2, 0) is 11.2 Å². The summed E-state index contributed by atoms with van der Waals surface area (Å²) in [4.78, 5) is 29.1. The van der Waals surface area contributed by atoms with Crippen molar-refractivity contribution in [3.63, 3.8) is 0 Å². The number of carbonyl (C=O) groups is 2. The third kappa shape index (κ3) is 4.57. The van der Waals surface area contributed by atoms with E-state index in [9.17, 15) is 9.59 Å². The summed E-state index contributed by atoms with van der Waals surface area (Å²) in [5, 5.41) is 12.4. The lowest BCUT2D eigenvalue weighted by molar-refractivity contribution is -0.162. The first-order valence-electron chi connectivity index (χ1n) is 10.4. The van der Waals surface area contributed by atoms with Crippen molar-refractivity contribution in [3.8, 4) is 11.8 Å². The van der Waals surface area contributed by atoms with Gasteiger partial charge in [0.05, 0.1) is 6.07 Å². The molecule has 5 rings (SSSR count). The van der Waals surface area contributed by atoms with Crippen LogP contribution < -0.4 is 10.1 Å². The number of Topliss-reactive ketones (excluding diaryl/α,β-unsaturated/α-hetero) is 1. The zero-order valence-corrected chi connectivity index (χ0v) is 18.2. The lowest BCUT2D eigenvalue weighted by Crippen LogP contribution is -2.75. The molecule has 0 aliphatic heterocycles. The first-order valence-corrected chi connectivity index (χ1v) is 10.7. The second kappa shape index (κ2) is 8.32. The minimum Gasteiger partial charge on any atom is -0.486 e. The largest absolute Gasteiger partial charge is 0.486 e. The van der Waals surface area contributed by atoms with E-state index in [2.05, 4.69) is 16.4 Å². The number of amides is 1. The number of carbonyl (C=O) groups excluding carboxylic acids is 2. The van der Waals surface area contributed by atoms with E-state index < -0.39 is 0 Å². The van der Waals surface area contributed by atoms with Gasteiger partial charge in [0.25, 0.3) is 5.91 Å². The van der Waals surface area contributed by atoms with Crippen molar-refractivity contribution >= 4 is 23.3 Å². The first-order chi connectivity index (χ1) is 14.8. The van der Waals surface area contributed by atoms with Crippen LogP contribution in [0.1, 0.15) is 53.7 Å². The minimum atomic E-state index is -0.202. The summed E-state index contributed by atoms with van der Waals surface area (Å²) in [5.41, 5.74) is 2.03. The molecule has 7 heteroatoms. The number of benzene rings is 1. The quantitative estimate of drug-likeness (QED) is 0.635. The van der Waals surface area contributed by atoms with Crippen LogP contribution in [0.15, 0.2) is 36.5 Å². The normalized spacial score (nSPS) is 23.1. The lowest BCUT2D eigenvalue weighted by Gasteiger charge is -2.70. The van der Waals surface area contributed by atoms with Crippen LogP contribution in [0.4, 0.5) is 0 Å². The number of rotatable bonds is 9. The highest BCUT2D eigenvalue weighted by atomic mass is 35.5. The SMILES string of the molecule is Cc1cc(OCC(=O)CC23CC(NC(=O)c4ccc(CCC#N)cn4)(C2)C3)ccc1Cl. The molecule has 6 nitrogen and oxygen atoms in total. The van der Waals surface area contributed by atoms with Crippen molar-refractivity contribution in [1.82, 2.24) is 10.3 Å². The van der Waals surface area contributed by atoms with Crippen molar-refractivity contribution in [2.24, 2.45) is 5.41 Å². The van der Waals surface area contributed by atoms with E-state index in [0.29, 0.717) is 35.7 Å². The summed E-state index contributed by atoms with van der Waals surface area (Å²) in [6.07, 6.45) is 5.64. The Morgan fingerprint density at radius 1 is 1.26 bits per heavy atom. The highest BCUT2D eigenvalue weighted by Gasteiger charge is 2.68. The van der Waals surface area contributed by atoms with E-state index in [1.165, 1.54) is 0 Å². The van der Waals surface area contributed by atoms with E-state index in [0.717, 1.165) is 30.4 Å². The Bertz CT molecular complexity index is 1040. The van der Waals surface area contributed by atoms with Crippen molar-refractivity contribution in [1.29, 1.82) is 5.26 Å². The van der Waals surface area contributed by atoms with Gasteiger partial charge in [-0.2, -0.15) is 5.26 Å². The second-order valence-electron chi connectivity index (χ2n) is 8.89.